The first kappa shape index (κ1) is 36.4. The molecule has 5 rings (SSSR count). The van der Waals surface area contributed by atoms with Crippen LogP contribution in [0.25, 0.3) is 10.8 Å². The van der Waals surface area contributed by atoms with Gasteiger partial charge < -0.3 is 14.2 Å². The molecule has 0 heterocycles. The second-order valence-electron chi connectivity index (χ2n) is 13.4. The Bertz CT molecular complexity index is 1820. The Kier molecular flexibility index (Phi) is 13.2. The van der Waals surface area contributed by atoms with Crippen LogP contribution in [0.3, 0.4) is 0 Å². The predicted molar refractivity (Wildman–Crippen MR) is 203 cm³/mol. The number of benzene rings is 5. The quantitative estimate of drug-likeness (QED) is 0.0646. The van der Waals surface area contributed by atoms with E-state index in [-0.39, 0.29) is 11.6 Å². The zero-order valence-corrected chi connectivity index (χ0v) is 30.0. The summed E-state index contributed by atoms with van der Waals surface area (Å²) in [6.07, 6.45) is 9.06. The van der Waals surface area contributed by atoms with Gasteiger partial charge in [0.1, 0.15) is 28.7 Å². The van der Waals surface area contributed by atoms with Gasteiger partial charge in [-0.25, -0.2) is 0 Å². The summed E-state index contributed by atoms with van der Waals surface area (Å²) < 4.78 is 18.0. The Morgan fingerprint density at radius 2 is 1.00 bits per heavy atom. The number of ketones is 2. The lowest BCUT2D eigenvalue weighted by atomic mass is 9.87. The lowest BCUT2D eigenvalue weighted by Gasteiger charge is -2.17. The Morgan fingerprint density at radius 3 is 1.62 bits per heavy atom. The standard InChI is InChI=1S/C45H50O5/c1-5-7-8-9-10-11-28-48-39-24-26-42(27-25-39)49-40-19-14-34(15-20-40)45(47)35-16-21-41(22-17-35)50-43-23-18-36-30-38(13-12-37(36)31-43)44(46)29-33(4)32(3)6-2/h12-27,30-33H,5-11,28-29H2,1-4H3. The summed E-state index contributed by atoms with van der Waals surface area (Å²) in [5.41, 5.74) is 1.89. The zero-order valence-electron chi connectivity index (χ0n) is 30.0. The molecular formula is C45H50O5. The van der Waals surface area contributed by atoms with E-state index in [2.05, 4.69) is 27.7 Å². The van der Waals surface area contributed by atoms with Gasteiger partial charge in [0.15, 0.2) is 11.6 Å². The third-order valence-corrected chi connectivity index (χ3v) is 9.55. The SMILES string of the molecule is CCCCCCCCOc1ccc(Oc2ccc(C(=O)c3ccc(Oc4ccc5cc(C(=O)CC(C)C(C)CC)ccc5c4)cc3)cc2)cc1. The van der Waals surface area contributed by atoms with Crippen molar-refractivity contribution in [2.45, 2.75) is 79.1 Å². The zero-order chi connectivity index (χ0) is 35.3. The molecule has 5 nitrogen and oxygen atoms in total. The summed E-state index contributed by atoms with van der Waals surface area (Å²) in [5, 5.41) is 2.00. The minimum absolute atomic E-state index is 0.0791. The van der Waals surface area contributed by atoms with Gasteiger partial charge >= 0.3 is 0 Å². The number of carbonyl (C=O) groups is 2. The largest absolute Gasteiger partial charge is 0.494 e. The first-order chi connectivity index (χ1) is 24.3. The molecule has 2 unspecified atom stereocenters. The highest BCUT2D eigenvalue weighted by Crippen LogP contribution is 2.29. The molecule has 260 valence electrons. The first-order valence-electron chi connectivity index (χ1n) is 18.2. The number of fused-ring (bicyclic) bond motifs is 1. The molecule has 0 bridgehead atoms. The number of unbranched alkanes of at least 4 members (excludes halogenated alkanes) is 5. The van der Waals surface area contributed by atoms with Crippen molar-refractivity contribution >= 4 is 22.3 Å². The van der Waals surface area contributed by atoms with E-state index < -0.39 is 0 Å². The molecule has 2 atom stereocenters. The second kappa shape index (κ2) is 18.2. The highest BCUT2D eigenvalue weighted by molar-refractivity contribution is 6.09. The lowest BCUT2D eigenvalue weighted by Crippen LogP contribution is -2.12. The molecule has 0 spiro atoms. The summed E-state index contributed by atoms with van der Waals surface area (Å²) in [6.45, 7) is 9.48. The fourth-order valence-electron chi connectivity index (χ4n) is 5.94. The van der Waals surface area contributed by atoms with Crippen molar-refractivity contribution in [1.29, 1.82) is 0 Å². The molecule has 5 aromatic carbocycles. The van der Waals surface area contributed by atoms with Crippen molar-refractivity contribution in [2.24, 2.45) is 11.8 Å². The van der Waals surface area contributed by atoms with Crippen LogP contribution in [-0.4, -0.2) is 18.2 Å². The van der Waals surface area contributed by atoms with E-state index in [1.165, 1.54) is 32.1 Å². The van der Waals surface area contributed by atoms with Gasteiger partial charge in [-0.1, -0.05) is 84.4 Å². The van der Waals surface area contributed by atoms with Gasteiger partial charge in [0.2, 0.25) is 0 Å². The van der Waals surface area contributed by atoms with Crippen molar-refractivity contribution in [3.05, 3.63) is 126 Å². The first-order valence-corrected chi connectivity index (χ1v) is 18.2. The smallest absolute Gasteiger partial charge is 0.193 e. The Hall–Kier alpha value is -4.90. The molecule has 0 amide bonds. The van der Waals surface area contributed by atoms with E-state index in [0.717, 1.165) is 41.5 Å². The van der Waals surface area contributed by atoms with Crippen molar-refractivity contribution < 1.29 is 23.8 Å². The van der Waals surface area contributed by atoms with Crippen LogP contribution >= 0.6 is 0 Å². The normalized spacial score (nSPS) is 12.3. The lowest BCUT2D eigenvalue weighted by molar-refractivity contribution is 0.0950. The minimum atomic E-state index is -0.0791. The van der Waals surface area contributed by atoms with Crippen LogP contribution in [0.2, 0.25) is 0 Å². The van der Waals surface area contributed by atoms with Gasteiger partial charge in [-0.05, 0) is 120 Å². The molecule has 5 aromatic rings. The Labute approximate surface area is 297 Å². The Morgan fingerprint density at radius 1 is 0.520 bits per heavy atom. The maximum absolute atomic E-state index is 13.2. The molecule has 50 heavy (non-hydrogen) atoms. The fraction of sp³-hybridized carbons (Fsp3) is 0.333. The maximum Gasteiger partial charge on any atom is 0.193 e. The molecule has 0 aromatic heterocycles. The fourth-order valence-corrected chi connectivity index (χ4v) is 5.94. The molecule has 0 saturated carbocycles. The van der Waals surface area contributed by atoms with Crippen molar-refractivity contribution in [2.75, 3.05) is 6.61 Å². The van der Waals surface area contributed by atoms with Crippen LogP contribution in [0.1, 0.15) is 105 Å². The summed E-state index contributed by atoms with van der Waals surface area (Å²) in [6, 6.07) is 33.7. The summed E-state index contributed by atoms with van der Waals surface area (Å²) in [5.74, 6) is 4.50. The minimum Gasteiger partial charge on any atom is -0.494 e. The van der Waals surface area contributed by atoms with Crippen LogP contribution in [0.5, 0.6) is 28.7 Å². The van der Waals surface area contributed by atoms with E-state index in [4.69, 9.17) is 14.2 Å². The van der Waals surface area contributed by atoms with Gasteiger partial charge in [-0.3, -0.25) is 9.59 Å². The molecule has 0 fully saturated rings. The van der Waals surface area contributed by atoms with Crippen LogP contribution in [0, 0.1) is 11.8 Å². The van der Waals surface area contributed by atoms with Crippen molar-refractivity contribution in [3.63, 3.8) is 0 Å². The van der Waals surface area contributed by atoms with Gasteiger partial charge in [0, 0.05) is 23.1 Å². The molecule has 0 radical (unpaired) electrons. The number of ether oxygens (including phenoxy) is 3. The Balaban J connectivity index is 1.11. The van der Waals surface area contributed by atoms with E-state index in [1.807, 2.05) is 60.7 Å². The van der Waals surface area contributed by atoms with E-state index in [1.54, 1.807) is 48.5 Å². The molecule has 0 aliphatic heterocycles. The van der Waals surface area contributed by atoms with Crippen LogP contribution in [0.4, 0.5) is 0 Å². The molecule has 0 aliphatic carbocycles. The average molecular weight is 671 g/mol. The van der Waals surface area contributed by atoms with E-state index in [9.17, 15) is 9.59 Å². The predicted octanol–water partition coefficient (Wildman–Crippen LogP) is 12.6. The van der Waals surface area contributed by atoms with Crippen LogP contribution < -0.4 is 14.2 Å². The molecule has 0 aliphatic rings. The van der Waals surface area contributed by atoms with Gasteiger partial charge in [0.25, 0.3) is 0 Å². The van der Waals surface area contributed by atoms with Gasteiger partial charge in [-0.2, -0.15) is 0 Å². The second-order valence-corrected chi connectivity index (χ2v) is 13.4. The molecular weight excluding hydrogens is 620 g/mol. The highest BCUT2D eigenvalue weighted by Gasteiger charge is 2.16. The monoisotopic (exact) mass is 670 g/mol. The number of hydrogen-bond donors (Lipinski definition) is 0. The van der Waals surface area contributed by atoms with Crippen LogP contribution in [-0.2, 0) is 0 Å². The molecule has 5 heteroatoms. The topological polar surface area (TPSA) is 61.8 Å². The summed E-state index contributed by atoms with van der Waals surface area (Å²) in [4.78, 5) is 26.1. The van der Waals surface area contributed by atoms with Gasteiger partial charge in [-0.15, -0.1) is 0 Å². The van der Waals surface area contributed by atoms with Gasteiger partial charge in [0.05, 0.1) is 6.61 Å². The third kappa shape index (κ3) is 10.3. The molecule has 0 saturated heterocycles. The average Bonchev–Trinajstić information content (AvgIpc) is 3.14. The maximum atomic E-state index is 13.2. The number of Topliss-reactive ketones (excluding diaryl/α,β-unsaturated/α-hetero) is 1. The number of hydrogen-bond acceptors (Lipinski definition) is 5. The van der Waals surface area contributed by atoms with Crippen molar-refractivity contribution in [1.82, 2.24) is 0 Å². The third-order valence-electron chi connectivity index (χ3n) is 9.55. The highest BCUT2D eigenvalue weighted by atomic mass is 16.5. The molecule has 0 N–H and O–H groups in total. The van der Waals surface area contributed by atoms with Crippen LogP contribution in [0.15, 0.2) is 109 Å². The number of carbonyl (C=O) groups excluding carboxylic acids is 2. The van der Waals surface area contributed by atoms with E-state index >= 15 is 0 Å². The summed E-state index contributed by atoms with van der Waals surface area (Å²) >= 11 is 0. The van der Waals surface area contributed by atoms with E-state index in [0.29, 0.717) is 52.4 Å². The summed E-state index contributed by atoms with van der Waals surface area (Å²) in [7, 11) is 0. The number of rotatable bonds is 19. The van der Waals surface area contributed by atoms with Crippen molar-refractivity contribution in [3.8, 4) is 28.7 Å².